The van der Waals surface area contributed by atoms with Gasteiger partial charge in [-0.05, 0) is 43.7 Å². The van der Waals surface area contributed by atoms with Crippen molar-refractivity contribution < 1.29 is 10.2 Å². The topological polar surface area (TPSA) is 40.5 Å². The Morgan fingerprint density at radius 3 is 2.09 bits per heavy atom. The maximum absolute atomic E-state index is 9.72. The second-order valence-corrected chi connectivity index (χ2v) is 6.41. The Morgan fingerprint density at radius 2 is 1.39 bits per heavy atom. The highest BCUT2D eigenvalue weighted by molar-refractivity contribution is 5.44. The standard InChI is InChI=1S/C21H34O2/c1-2-3-4-5-6-7-8-9-10-11-12-13-14-16-19-17-15-18-20(22)21(19)23/h11-12,15,17-18,22-23H,2-10,13-14,16H2,1H3. The molecular weight excluding hydrogens is 284 g/mol. The lowest BCUT2D eigenvalue weighted by atomic mass is 10.1. The van der Waals surface area contributed by atoms with E-state index in [1.165, 1.54) is 63.9 Å². The molecule has 1 rings (SSSR count). The van der Waals surface area contributed by atoms with E-state index in [9.17, 15) is 10.2 Å². The molecule has 2 heteroatoms. The van der Waals surface area contributed by atoms with Gasteiger partial charge in [0.05, 0.1) is 0 Å². The fraction of sp³-hybridized carbons (Fsp3) is 0.619. The third kappa shape index (κ3) is 9.32. The van der Waals surface area contributed by atoms with Crippen LogP contribution in [0.3, 0.4) is 0 Å². The number of unbranched alkanes of at least 4 members (excludes halogenated alkanes) is 9. The lowest BCUT2D eigenvalue weighted by molar-refractivity contribution is 0.399. The average Bonchev–Trinajstić information content (AvgIpc) is 2.55. The molecule has 0 unspecified atom stereocenters. The summed E-state index contributed by atoms with van der Waals surface area (Å²) < 4.78 is 0. The van der Waals surface area contributed by atoms with E-state index in [1.807, 2.05) is 6.07 Å². The third-order valence-corrected chi connectivity index (χ3v) is 4.31. The van der Waals surface area contributed by atoms with Crippen molar-refractivity contribution in [2.24, 2.45) is 0 Å². The van der Waals surface area contributed by atoms with Crippen molar-refractivity contribution in [3.05, 3.63) is 35.9 Å². The van der Waals surface area contributed by atoms with E-state index in [4.69, 9.17) is 0 Å². The van der Waals surface area contributed by atoms with E-state index in [0.29, 0.717) is 0 Å². The van der Waals surface area contributed by atoms with Crippen LogP contribution in [0.2, 0.25) is 0 Å². The maximum Gasteiger partial charge on any atom is 0.160 e. The van der Waals surface area contributed by atoms with E-state index in [-0.39, 0.29) is 11.5 Å². The van der Waals surface area contributed by atoms with Crippen LogP contribution in [0.25, 0.3) is 0 Å². The maximum atomic E-state index is 9.72. The molecule has 0 fully saturated rings. The van der Waals surface area contributed by atoms with Crippen LogP contribution in [0.4, 0.5) is 0 Å². The molecule has 2 N–H and O–H groups in total. The number of hydrogen-bond donors (Lipinski definition) is 2. The van der Waals surface area contributed by atoms with Crippen molar-refractivity contribution in [1.82, 2.24) is 0 Å². The predicted molar refractivity (Wildman–Crippen MR) is 99.1 cm³/mol. The average molecular weight is 319 g/mol. The number of benzene rings is 1. The quantitative estimate of drug-likeness (QED) is 0.247. The first-order chi connectivity index (χ1) is 11.3. The van der Waals surface area contributed by atoms with Gasteiger partial charge in [-0.2, -0.15) is 0 Å². The summed E-state index contributed by atoms with van der Waals surface area (Å²) in [4.78, 5) is 0. The summed E-state index contributed by atoms with van der Waals surface area (Å²) in [6.45, 7) is 2.26. The Morgan fingerprint density at radius 1 is 0.783 bits per heavy atom. The number of allylic oxidation sites excluding steroid dienone is 2. The molecule has 0 atom stereocenters. The Bertz CT molecular complexity index is 437. The van der Waals surface area contributed by atoms with Crippen LogP contribution in [0.15, 0.2) is 30.4 Å². The molecule has 1 aromatic carbocycles. The molecule has 2 nitrogen and oxygen atoms in total. The number of aryl methyl sites for hydroxylation is 1. The van der Waals surface area contributed by atoms with Gasteiger partial charge in [0.1, 0.15) is 0 Å². The zero-order chi connectivity index (χ0) is 16.8. The molecule has 0 saturated heterocycles. The Kier molecular flexibility index (Phi) is 11.1. The second-order valence-electron chi connectivity index (χ2n) is 6.41. The SMILES string of the molecule is CCCCCCCCCCC=CCCCc1cccc(O)c1O. The summed E-state index contributed by atoms with van der Waals surface area (Å²) in [5.41, 5.74) is 0.835. The molecule has 0 aliphatic heterocycles. The molecular formula is C21H34O2. The van der Waals surface area contributed by atoms with Gasteiger partial charge < -0.3 is 10.2 Å². The van der Waals surface area contributed by atoms with Crippen LogP contribution in [0.5, 0.6) is 11.5 Å². The molecule has 0 aliphatic carbocycles. The highest BCUT2D eigenvalue weighted by atomic mass is 16.3. The molecule has 1 aromatic rings. The minimum atomic E-state index is -0.0206. The van der Waals surface area contributed by atoms with E-state index >= 15 is 0 Å². The number of aromatic hydroxyl groups is 2. The molecule has 0 aromatic heterocycles. The van der Waals surface area contributed by atoms with Crippen LogP contribution < -0.4 is 0 Å². The summed E-state index contributed by atoms with van der Waals surface area (Å²) in [6, 6.07) is 5.17. The first kappa shape index (κ1) is 19.6. The zero-order valence-corrected chi connectivity index (χ0v) is 14.8. The molecule has 130 valence electrons. The van der Waals surface area contributed by atoms with Crippen molar-refractivity contribution in [2.75, 3.05) is 0 Å². The largest absolute Gasteiger partial charge is 0.504 e. The molecule has 0 spiro atoms. The lowest BCUT2D eigenvalue weighted by Crippen LogP contribution is -1.86. The minimum absolute atomic E-state index is 0.0206. The van der Waals surface area contributed by atoms with E-state index < -0.39 is 0 Å². The highest BCUT2D eigenvalue weighted by Crippen LogP contribution is 2.29. The summed E-state index contributed by atoms with van der Waals surface area (Å²) in [5, 5.41) is 19.2. The lowest BCUT2D eigenvalue weighted by Gasteiger charge is -2.04. The van der Waals surface area contributed by atoms with Crippen LogP contribution in [-0.2, 0) is 6.42 Å². The van der Waals surface area contributed by atoms with Gasteiger partial charge in [0.15, 0.2) is 11.5 Å². The van der Waals surface area contributed by atoms with Gasteiger partial charge in [-0.3, -0.25) is 0 Å². The van der Waals surface area contributed by atoms with Gasteiger partial charge in [-0.1, -0.05) is 76.2 Å². The van der Waals surface area contributed by atoms with Crippen molar-refractivity contribution >= 4 is 0 Å². The highest BCUT2D eigenvalue weighted by Gasteiger charge is 2.04. The fourth-order valence-electron chi connectivity index (χ4n) is 2.82. The zero-order valence-electron chi connectivity index (χ0n) is 14.8. The van der Waals surface area contributed by atoms with Crippen LogP contribution in [0, 0.1) is 0 Å². The smallest absolute Gasteiger partial charge is 0.160 e. The van der Waals surface area contributed by atoms with Crippen molar-refractivity contribution in [1.29, 1.82) is 0 Å². The van der Waals surface area contributed by atoms with Gasteiger partial charge in [0.25, 0.3) is 0 Å². The van der Waals surface area contributed by atoms with E-state index in [2.05, 4.69) is 19.1 Å². The normalized spacial score (nSPS) is 11.3. The summed E-state index contributed by atoms with van der Waals surface area (Å²) in [6.07, 6.45) is 19.6. The molecule has 0 heterocycles. The number of rotatable bonds is 13. The first-order valence-electron chi connectivity index (χ1n) is 9.40. The van der Waals surface area contributed by atoms with E-state index in [1.54, 1.807) is 6.07 Å². The van der Waals surface area contributed by atoms with Gasteiger partial charge in [-0.25, -0.2) is 0 Å². The van der Waals surface area contributed by atoms with Crippen LogP contribution in [-0.4, -0.2) is 10.2 Å². The van der Waals surface area contributed by atoms with Gasteiger partial charge in [-0.15, -0.1) is 0 Å². The van der Waals surface area contributed by atoms with Crippen molar-refractivity contribution in [3.8, 4) is 11.5 Å². The molecule has 23 heavy (non-hydrogen) atoms. The summed E-state index contributed by atoms with van der Waals surface area (Å²) in [5.74, 6) is 0.0168. The van der Waals surface area contributed by atoms with Gasteiger partial charge in [0, 0.05) is 0 Å². The number of phenolic OH excluding ortho intramolecular Hbond substituents is 2. The van der Waals surface area contributed by atoms with Crippen LogP contribution >= 0.6 is 0 Å². The number of para-hydroxylation sites is 1. The fourth-order valence-corrected chi connectivity index (χ4v) is 2.82. The molecule has 0 saturated carbocycles. The van der Waals surface area contributed by atoms with Gasteiger partial charge in [0.2, 0.25) is 0 Å². The van der Waals surface area contributed by atoms with Gasteiger partial charge >= 0.3 is 0 Å². The monoisotopic (exact) mass is 318 g/mol. The van der Waals surface area contributed by atoms with Crippen LogP contribution in [0.1, 0.15) is 83.1 Å². The predicted octanol–water partition coefficient (Wildman–Crippen LogP) is 6.51. The molecule has 0 bridgehead atoms. The summed E-state index contributed by atoms with van der Waals surface area (Å²) >= 11 is 0. The van der Waals surface area contributed by atoms with E-state index in [0.717, 1.165) is 24.8 Å². The van der Waals surface area contributed by atoms with Crippen molar-refractivity contribution in [2.45, 2.75) is 84.0 Å². The second kappa shape index (κ2) is 13.0. The Balaban J connectivity index is 1.96. The summed E-state index contributed by atoms with van der Waals surface area (Å²) in [7, 11) is 0. The molecule has 0 aliphatic rings. The minimum Gasteiger partial charge on any atom is -0.504 e. The third-order valence-electron chi connectivity index (χ3n) is 4.31. The first-order valence-corrected chi connectivity index (χ1v) is 9.40. The Hall–Kier alpha value is -1.44. The number of phenols is 2. The number of hydrogen-bond acceptors (Lipinski definition) is 2. The molecule has 0 amide bonds. The molecule has 0 radical (unpaired) electrons. The Labute approximate surface area is 142 Å². The van der Waals surface area contributed by atoms with Crippen molar-refractivity contribution in [3.63, 3.8) is 0 Å².